The number of rotatable bonds is 5. The summed E-state index contributed by atoms with van der Waals surface area (Å²) in [6.45, 7) is 2.62. The number of aromatic nitrogens is 7. The largest absolute Gasteiger partial charge is 0.382 e. The molecule has 0 fully saturated rings. The predicted octanol–water partition coefficient (Wildman–Crippen LogP) is 2.09. The van der Waals surface area contributed by atoms with E-state index in [9.17, 15) is 4.79 Å². The summed E-state index contributed by atoms with van der Waals surface area (Å²) in [7, 11) is 0. The number of nitrogens with two attached hydrogens (primary N) is 1. The molecular formula is C21H19N9O. The van der Waals surface area contributed by atoms with Gasteiger partial charge in [0.05, 0.1) is 17.8 Å². The second-order valence-electron chi connectivity index (χ2n) is 7.10. The number of aryl methyl sites for hydroxylation is 1. The molecule has 0 aliphatic heterocycles. The molecule has 0 saturated heterocycles. The normalized spacial score (nSPS) is 11.3. The Bertz CT molecular complexity index is 1410. The Hall–Kier alpha value is -4.34. The molecule has 0 atom stereocenters. The van der Waals surface area contributed by atoms with E-state index in [2.05, 4.69) is 35.6 Å². The fourth-order valence-corrected chi connectivity index (χ4v) is 3.50. The fraction of sp³-hybridized carbons (Fsp3) is 0.143. The van der Waals surface area contributed by atoms with Crippen LogP contribution in [0.15, 0.2) is 48.9 Å². The zero-order chi connectivity index (χ0) is 21.4. The molecule has 154 valence electrons. The number of nitrogens with zero attached hydrogens (tertiary/aromatic N) is 6. The van der Waals surface area contributed by atoms with Gasteiger partial charge < -0.3 is 11.1 Å². The van der Waals surface area contributed by atoms with Crippen LogP contribution in [-0.4, -0.2) is 47.4 Å². The maximum absolute atomic E-state index is 12.2. The van der Waals surface area contributed by atoms with Crippen molar-refractivity contribution in [3.8, 4) is 11.3 Å². The molecular weight excluding hydrogens is 394 g/mol. The van der Waals surface area contributed by atoms with E-state index in [1.165, 1.54) is 0 Å². The van der Waals surface area contributed by atoms with Crippen LogP contribution in [0.1, 0.15) is 16.3 Å². The smallest absolute Gasteiger partial charge is 0.270 e. The van der Waals surface area contributed by atoms with Gasteiger partial charge in [-0.3, -0.25) is 14.6 Å². The summed E-state index contributed by atoms with van der Waals surface area (Å²) in [5, 5.41) is 16.2. The zero-order valence-electron chi connectivity index (χ0n) is 16.7. The number of carbonyl (C=O) groups is 1. The zero-order valence-corrected chi connectivity index (χ0v) is 16.7. The van der Waals surface area contributed by atoms with E-state index < -0.39 is 0 Å². The number of H-pyrrole nitrogens is 1. The number of benzene rings is 1. The van der Waals surface area contributed by atoms with Crippen LogP contribution >= 0.6 is 0 Å². The molecule has 31 heavy (non-hydrogen) atoms. The van der Waals surface area contributed by atoms with Crippen molar-refractivity contribution in [1.82, 2.24) is 40.2 Å². The van der Waals surface area contributed by atoms with Crippen LogP contribution in [0.4, 0.5) is 5.82 Å². The molecule has 0 aliphatic carbocycles. The van der Waals surface area contributed by atoms with Gasteiger partial charge in [0.25, 0.3) is 5.91 Å². The van der Waals surface area contributed by atoms with Crippen molar-refractivity contribution in [1.29, 1.82) is 0 Å². The standard InChI is InChI=1S/C21H19N9O/c1-12-23-6-4-17(26-12)21(31)24-8-9-30-11-15-14-3-2-13(16-5-7-25-28-16)10-18(14)27-20(22)19(15)29-30/h2-7,10-11H,8-9H2,1H3,(H2,22,27)(H,24,31)(H,25,28). The first kappa shape index (κ1) is 18.7. The first-order valence-electron chi connectivity index (χ1n) is 9.72. The van der Waals surface area contributed by atoms with E-state index in [0.717, 1.165) is 27.5 Å². The second kappa shape index (κ2) is 7.48. The predicted molar refractivity (Wildman–Crippen MR) is 116 cm³/mol. The van der Waals surface area contributed by atoms with Crippen LogP contribution < -0.4 is 11.1 Å². The number of pyridine rings is 1. The van der Waals surface area contributed by atoms with Gasteiger partial charge in [-0.15, -0.1) is 0 Å². The molecule has 10 heteroatoms. The second-order valence-corrected chi connectivity index (χ2v) is 7.10. The van der Waals surface area contributed by atoms with Crippen LogP contribution in [0.2, 0.25) is 0 Å². The number of nitrogens with one attached hydrogen (secondary N) is 2. The van der Waals surface area contributed by atoms with Crippen molar-refractivity contribution < 1.29 is 4.79 Å². The third-order valence-corrected chi connectivity index (χ3v) is 4.98. The number of hydrogen-bond acceptors (Lipinski definition) is 7. The number of amides is 1. The molecule has 4 heterocycles. The Morgan fingerprint density at radius 1 is 1.16 bits per heavy atom. The van der Waals surface area contributed by atoms with Crippen LogP contribution in [0.5, 0.6) is 0 Å². The van der Waals surface area contributed by atoms with Gasteiger partial charge in [-0.05, 0) is 25.1 Å². The van der Waals surface area contributed by atoms with E-state index in [-0.39, 0.29) is 5.91 Å². The summed E-state index contributed by atoms with van der Waals surface area (Å²) in [4.78, 5) is 24.9. The number of carbonyl (C=O) groups excluding carboxylic acids is 1. The third-order valence-electron chi connectivity index (χ3n) is 4.98. The molecule has 0 radical (unpaired) electrons. The Morgan fingerprint density at radius 2 is 2.06 bits per heavy atom. The van der Waals surface area contributed by atoms with Gasteiger partial charge in [-0.1, -0.05) is 12.1 Å². The van der Waals surface area contributed by atoms with Crippen molar-refractivity contribution >= 4 is 33.5 Å². The minimum absolute atomic E-state index is 0.250. The first-order chi connectivity index (χ1) is 15.1. The highest BCUT2D eigenvalue weighted by molar-refractivity contribution is 6.08. The molecule has 0 bridgehead atoms. The van der Waals surface area contributed by atoms with E-state index in [1.54, 1.807) is 30.1 Å². The molecule has 10 nitrogen and oxygen atoms in total. The van der Waals surface area contributed by atoms with Crippen molar-refractivity contribution in [3.63, 3.8) is 0 Å². The summed E-state index contributed by atoms with van der Waals surface area (Å²) in [6.07, 6.45) is 5.20. The van der Waals surface area contributed by atoms with Gasteiger partial charge in [0.1, 0.15) is 17.0 Å². The van der Waals surface area contributed by atoms with Crippen molar-refractivity contribution in [3.05, 3.63) is 60.4 Å². The quantitative estimate of drug-likeness (QED) is 0.401. The van der Waals surface area contributed by atoms with Crippen LogP contribution in [0.25, 0.3) is 33.1 Å². The molecule has 5 rings (SSSR count). The van der Waals surface area contributed by atoms with Gasteiger partial charge in [0, 0.05) is 41.5 Å². The Morgan fingerprint density at radius 3 is 2.87 bits per heavy atom. The van der Waals surface area contributed by atoms with Crippen LogP contribution in [-0.2, 0) is 6.54 Å². The Balaban J connectivity index is 1.38. The topological polar surface area (TPSA) is 140 Å². The molecule has 0 spiro atoms. The van der Waals surface area contributed by atoms with E-state index in [1.807, 2.05) is 30.5 Å². The van der Waals surface area contributed by atoms with Gasteiger partial charge in [-0.2, -0.15) is 10.2 Å². The van der Waals surface area contributed by atoms with Gasteiger partial charge in [0.15, 0.2) is 5.82 Å². The average Bonchev–Trinajstić information content (AvgIpc) is 3.44. The number of anilines is 1. The average molecular weight is 413 g/mol. The van der Waals surface area contributed by atoms with Crippen LogP contribution in [0, 0.1) is 6.92 Å². The number of hydrogen-bond donors (Lipinski definition) is 3. The first-order valence-corrected chi connectivity index (χ1v) is 9.72. The lowest BCUT2D eigenvalue weighted by Gasteiger charge is -2.05. The lowest BCUT2D eigenvalue weighted by molar-refractivity contribution is 0.0946. The minimum atomic E-state index is -0.250. The maximum atomic E-state index is 12.2. The molecule has 5 aromatic rings. The molecule has 4 N–H and O–H groups in total. The molecule has 1 amide bonds. The van der Waals surface area contributed by atoms with Gasteiger partial charge >= 0.3 is 0 Å². The minimum Gasteiger partial charge on any atom is -0.382 e. The van der Waals surface area contributed by atoms with E-state index in [0.29, 0.717) is 35.9 Å². The number of nitrogen functional groups attached to an aromatic ring is 1. The van der Waals surface area contributed by atoms with E-state index in [4.69, 9.17) is 5.73 Å². The van der Waals surface area contributed by atoms with Crippen molar-refractivity contribution in [2.75, 3.05) is 12.3 Å². The van der Waals surface area contributed by atoms with Gasteiger partial charge in [0.2, 0.25) is 0 Å². The molecule has 4 aromatic heterocycles. The summed E-state index contributed by atoms with van der Waals surface area (Å²) in [5.74, 6) is 0.667. The maximum Gasteiger partial charge on any atom is 0.270 e. The Labute approximate surface area is 176 Å². The molecule has 0 saturated carbocycles. The number of fused-ring (bicyclic) bond motifs is 3. The SMILES string of the molecule is Cc1nccc(C(=O)NCCn2cc3c(n2)c(N)nc2cc(-c4ccn[nH]4)ccc23)n1. The molecule has 1 aromatic carbocycles. The van der Waals surface area contributed by atoms with E-state index >= 15 is 0 Å². The van der Waals surface area contributed by atoms with Gasteiger partial charge in [-0.25, -0.2) is 15.0 Å². The summed E-state index contributed by atoms with van der Waals surface area (Å²) in [5.41, 5.74) is 9.83. The highest BCUT2D eigenvalue weighted by atomic mass is 16.1. The lowest BCUT2D eigenvalue weighted by atomic mass is 10.1. The molecule has 0 unspecified atom stereocenters. The monoisotopic (exact) mass is 413 g/mol. The fourth-order valence-electron chi connectivity index (χ4n) is 3.50. The summed E-state index contributed by atoms with van der Waals surface area (Å²) in [6, 6.07) is 9.47. The summed E-state index contributed by atoms with van der Waals surface area (Å²) >= 11 is 0. The lowest BCUT2D eigenvalue weighted by Crippen LogP contribution is -2.28. The summed E-state index contributed by atoms with van der Waals surface area (Å²) < 4.78 is 1.76. The molecule has 0 aliphatic rings. The third kappa shape index (κ3) is 3.54. The Kier molecular flexibility index (Phi) is 4.51. The highest BCUT2D eigenvalue weighted by Gasteiger charge is 2.13. The van der Waals surface area contributed by atoms with Crippen LogP contribution in [0.3, 0.4) is 0 Å². The highest BCUT2D eigenvalue weighted by Crippen LogP contribution is 2.29. The number of aromatic amines is 1. The van der Waals surface area contributed by atoms with Crippen molar-refractivity contribution in [2.45, 2.75) is 13.5 Å². The van der Waals surface area contributed by atoms with Crippen molar-refractivity contribution in [2.24, 2.45) is 0 Å².